The fourth-order valence-electron chi connectivity index (χ4n) is 1.11. The van der Waals surface area contributed by atoms with Gasteiger partial charge in [0.2, 0.25) is 0 Å². The van der Waals surface area contributed by atoms with Crippen molar-refractivity contribution in [2.75, 3.05) is 46.4 Å². The van der Waals surface area contributed by atoms with E-state index in [1.807, 2.05) is 7.05 Å². The van der Waals surface area contributed by atoms with Gasteiger partial charge in [0.15, 0.2) is 0 Å². The second-order valence-corrected chi connectivity index (χ2v) is 3.73. The minimum atomic E-state index is 0.599. The highest BCUT2D eigenvalue weighted by molar-refractivity contribution is 4.56. The smallest absolute Gasteiger partial charge is 0.0591 e. The van der Waals surface area contributed by atoms with Gasteiger partial charge in [-0.05, 0) is 20.4 Å². The van der Waals surface area contributed by atoms with E-state index in [2.05, 4.69) is 29.8 Å². The lowest BCUT2D eigenvalue weighted by Gasteiger charge is -2.11. The van der Waals surface area contributed by atoms with Crippen LogP contribution in [0.25, 0.3) is 0 Å². The summed E-state index contributed by atoms with van der Waals surface area (Å²) in [4.78, 5) is 0. The zero-order chi connectivity index (χ0) is 11.4. The molecule has 3 N–H and O–H groups in total. The summed E-state index contributed by atoms with van der Waals surface area (Å²) in [5.74, 6) is 0. The van der Waals surface area contributed by atoms with Gasteiger partial charge in [-0.15, -0.1) is 0 Å². The lowest BCUT2D eigenvalue weighted by Crippen LogP contribution is -2.30. The average Bonchev–Trinajstić information content (AvgIpc) is 2.26. The van der Waals surface area contributed by atoms with Crippen LogP contribution in [0.5, 0.6) is 0 Å². The van der Waals surface area contributed by atoms with Crippen LogP contribution >= 0.6 is 0 Å². The van der Waals surface area contributed by atoms with Crippen LogP contribution in [0.1, 0.15) is 20.3 Å². The Balaban J connectivity index is 2.92. The molecule has 0 saturated heterocycles. The zero-order valence-electron chi connectivity index (χ0n) is 10.4. The summed E-state index contributed by atoms with van der Waals surface area (Å²) < 4.78 is 5.46. The van der Waals surface area contributed by atoms with E-state index in [0.29, 0.717) is 6.04 Å². The first-order chi connectivity index (χ1) is 7.31. The predicted molar refractivity (Wildman–Crippen MR) is 65.4 cm³/mol. The van der Waals surface area contributed by atoms with Crippen molar-refractivity contribution in [1.29, 1.82) is 0 Å². The molecule has 92 valence electrons. The van der Waals surface area contributed by atoms with Gasteiger partial charge in [0.05, 0.1) is 13.2 Å². The second kappa shape index (κ2) is 11.9. The van der Waals surface area contributed by atoms with Crippen molar-refractivity contribution in [2.45, 2.75) is 26.3 Å². The number of likely N-dealkylation sites (N-methyl/N-ethyl adjacent to an activating group) is 1. The Kier molecular flexibility index (Phi) is 11.8. The fraction of sp³-hybridized carbons (Fsp3) is 1.00. The van der Waals surface area contributed by atoms with Crippen molar-refractivity contribution in [3.63, 3.8) is 0 Å². The molecule has 0 spiro atoms. The summed E-state index contributed by atoms with van der Waals surface area (Å²) >= 11 is 0. The highest BCUT2D eigenvalue weighted by atomic mass is 16.5. The van der Waals surface area contributed by atoms with E-state index >= 15 is 0 Å². The van der Waals surface area contributed by atoms with Crippen LogP contribution in [-0.2, 0) is 4.74 Å². The molecule has 0 rings (SSSR count). The van der Waals surface area contributed by atoms with E-state index in [-0.39, 0.29) is 0 Å². The monoisotopic (exact) mass is 217 g/mol. The van der Waals surface area contributed by atoms with Crippen LogP contribution in [-0.4, -0.2) is 52.5 Å². The molecule has 1 atom stereocenters. The maximum atomic E-state index is 5.46. The summed E-state index contributed by atoms with van der Waals surface area (Å²) in [6.07, 6.45) is 1.17. The van der Waals surface area contributed by atoms with Crippen molar-refractivity contribution in [3.8, 4) is 0 Å². The molecule has 0 amide bonds. The summed E-state index contributed by atoms with van der Waals surface area (Å²) in [6, 6.07) is 0.599. The third-order valence-electron chi connectivity index (χ3n) is 2.33. The topological polar surface area (TPSA) is 45.3 Å². The summed E-state index contributed by atoms with van der Waals surface area (Å²) in [7, 11) is 1.96. The van der Waals surface area contributed by atoms with Gasteiger partial charge in [-0.2, -0.15) is 0 Å². The lowest BCUT2D eigenvalue weighted by atomic mass is 10.3. The molecule has 0 aliphatic heterocycles. The number of hydrogen-bond acceptors (Lipinski definition) is 4. The lowest BCUT2D eigenvalue weighted by molar-refractivity contribution is 0.136. The summed E-state index contributed by atoms with van der Waals surface area (Å²) in [5, 5.41) is 9.76. The highest BCUT2D eigenvalue weighted by Crippen LogP contribution is 1.85. The Morgan fingerprint density at radius 1 is 1.07 bits per heavy atom. The van der Waals surface area contributed by atoms with E-state index in [1.54, 1.807) is 0 Å². The Morgan fingerprint density at radius 3 is 2.47 bits per heavy atom. The summed E-state index contributed by atoms with van der Waals surface area (Å²) in [5.41, 5.74) is 0. The molecule has 4 heteroatoms. The molecule has 0 aromatic heterocycles. The van der Waals surface area contributed by atoms with Gasteiger partial charge in [-0.3, -0.25) is 0 Å². The van der Waals surface area contributed by atoms with E-state index in [9.17, 15) is 0 Å². The predicted octanol–water partition coefficient (Wildman–Crippen LogP) is 0.200. The third-order valence-corrected chi connectivity index (χ3v) is 2.33. The number of hydrogen-bond donors (Lipinski definition) is 3. The third kappa shape index (κ3) is 11.8. The maximum Gasteiger partial charge on any atom is 0.0591 e. The standard InChI is InChI=1S/C11H27N3O/c1-4-11(2)14-8-10-15-9-7-13-6-5-12-3/h11-14H,4-10H2,1-3H3. The average molecular weight is 217 g/mol. The number of nitrogens with one attached hydrogen (secondary N) is 3. The molecule has 0 fully saturated rings. The van der Waals surface area contributed by atoms with Gasteiger partial charge in [0.25, 0.3) is 0 Å². The van der Waals surface area contributed by atoms with Crippen LogP contribution in [0.15, 0.2) is 0 Å². The molecule has 0 saturated carbocycles. The Morgan fingerprint density at radius 2 is 1.80 bits per heavy atom. The molecule has 0 aliphatic carbocycles. The Hall–Kier alpha value is -0.160. The molecule has 0 bridgehead atoms. The van der Waals surface area contributed by atoms with Gasteiger partial charge in [0.1, 0.15) is 0 Å². The first kappa shape index (κ1) is 14.8. The molecule has 0 aliphatic rings. The fourth-order valence-corrected chi connectivity index (χ4v) is 1.11. The quantitative estimate of drug-likeness (QED) is 0.433. The molecule has 15 heavy (non-hydrogen) atoms. The molecular weight excluding hydrogens is 190 g/mol. The SMILES string of the molecule is CCC(C)NCCOCCNCCNC. The maximum absolute atomic E-state index is 5.46. The first-order valence-electron chi connectivity index (χ1n) is 5.97. The minimum Gasteiger partial charge on any atom is -0.379 e. The van der Waals surface area contributed by atoms with Crippen LogP contribution in [0.3, 0.4) is 0 Å². The normalized spacial score (nSPS) is 13.0. The second-order valence-electron chi connectivity index (χ2n) is 3.73. The zero-order valence-corrected chi connectivity index (χ0v) is 10.4. The van der Waals surface area contributed by atoms with Gasteiger partial charge in [-0.1, -0.05) is 6.92 Å². The number of ether oxygens (including phenoxy) is 1. The largest absolute Gasteiger partial charge is 0.379 e. The molecule has 4 nitrogen and oxygen atoms in total. The van der Waals surface area contributed by atoms with E-state index in [0.717, 1.165) is 39.4 Å². The van der Waals surface area contributed by atoms with Crippen molar-refractivity contribution in [3.05, 3.63) is 0 Å². The first-order valence-corrected chi connectivity index (χ1v) is 5.97. The Labute approximate surface area is 94.2 Å². The molecule has 0 radical (unpaired) electrons. The molecule has 1 unspecified atom stereocenters. The van der Waals surface area contributed by atoms with Gasteiger partial charge >= 0.3 is 0 Å². The van der Waals surface area contributed by atoms with Gasteiger partial charge in [-0.25, -0.2) is 0 Å². The molecular formula is C11H27N3O. The minimum absolute atomic E-state index is 0.599. The highest BCUT2D eigenvalue weighted by Gasteiger charge is 1.95. The van der Waals surface area contributed by atoms with Crippen LogP contribution in [0, 0.1) is 0 Å². The van der Waals surface area contributed by atoms with Crippen LogP contribution in [0.4, 0.5) is 0 Å². The van der Waals surface area contributed by atoms with Crippen molar-refractivity contribution in [2.24, 2.45) is 0 Å². The van der Waals surface area contributed by atoms with Crippen molar-refractivity contribution in [1.82, 2.24) is 16.0 Å². The van der Waals surface area contributed by atoms with Crippen LogP contribution in [0.2, 0.25) is 0 Å². The van der Waals surface area contributed by atoms with Gasteiger partial charge in [0, 0.05) is 32.2 Å². The Bertz CT molecular complexity index is 122. The van der Waals surface area contributed by atoms with E-state index in [1.165, 1.54) is 6.42 Å². The van der Waals surface area contributed by atoms with E-state index < -0.39 is 0 Å². The van der Waals surface area contributed by atoms with Crippen molar-refractivity contribution < 1.29 is 4.74 Å². The van der Waals surface area contributed by atoms with Gasteiger partial charge < -0.3 is 20.7 Å². The molecule has 0 aromatic rings. The van der Waals surface area contributed by atoms with Crippen LogP contribution < -0.4 is 16.0 Å². The van der Waals surface area contributed by atoms with E-state index in [4.69, 9.17) is 4.74 Å². The molecule has 0 aromatic carbocycles. The summed E-state index contributed by atoms with van der Waals surface area (Å²) in [6.45, 7) is 9.88. The molecule has 0 heterocycles. The van der Waals surface area contributed by atoms with Crippen molar-refractivity contribution >= 4 is 0 Å². The number of rotatable bonds is 11.